The molecule has 9 heteroatoms. The van der Waals surface area contributed by atoms with Gasteiger partial charge in [-0.3, -0.25) is 0 Å². The number of carboxylic acids is 1. The van der Waals surface area contributed by atoms with Gasteiger partial charge in [0.2, 0.25) is 5.88 Å². The Morgan fingerprint density at radius 1 is 1.28 bits per heavy atom. The summed E-state index contributed by atoms with van der Waals surface area (Å²) in [5, 5.41) is 13.4. The monoisotopic (exact) mass is 414 g/mol. The predicted octanol–water partition coefficient (Wildman–Crippen LogP) is 4.17. The van der Waals surface area contributed by atoms with Gasteiger partial charge in [-0.05, 0) is 43.9 Å². The van der Waals surface area contributed by atoms with E-state index in [-0.39, 0.29) is 17.1 Å². The Labute approximate surface area is 171 Å². The third-order valence-electron chi connectivity index (χ3n) is 5.13. The zero-order chi connectivity index (χ0) is 20.4. The Bertz CT molecular complexity index is 1040. The van der Waals surface area contributed by atoms with Crippen LogP contribution in [0, 0.1) is 6.92 Å². The summed E-state index contributed by atoms with van der Waals surface area (Å²) in [5.74, 6) is 0.0618. The maximum absolute atomic E-state index is 11.5. The first kappa shape index (κ1) is 19.5. The fourth-order valence-corrected chi connectivity index (χ4v) is 4.65. The van der Waals surface area contributed by atoms with Crippen LogP contribution in [0.2, 0.25) is 0 Å². The Kier molecular flexibility index (Phi) is 5.59. The van der Waals surface area contributed by atoms with Crippen molar-refractivity contribution in [2.24, 2.45) is 0 Å². The summed E-state index contributed by atoms with van der Waals surface area (Å²) >= 11 is 1.14. The number of hydrogen-bond donors (Lipinski definition) is 2. The van der Waals surface area contributed by atoms with E-state index in [9.17, 15) is 9.90 Å². The van der Waals surface area contributed by atoms with Crippen LogP contribution in [0.1, 0.15) is 40.9 Å². The minimum Gasteiger partial charge on any atom is -0.477 e. The molecule has 0 amide bonds. The Balaban J connectivity index is 1.63. The van der Waals surface area contributed by atoms with Crippen molar-refractivity contribution in [1.82, 2.24) is 15.0 Å². The Morgan fingerprint density at radius 3 is 2.90 bits per heavy atom. The van der Waals surface area contributed by atoms with E-state index in [1.54, 1.807) is 20.2 Å². The number of carbonyl (C=O) groups is 1. The molecule has 0 spiro atoms. The number of rotatable bonds is 6. The van der Waals surface area contributed by atoms with Crippen molar-refractivity contribution < 1.29 is 19.4 Å². The number of ether oxygens (including phenoxy) is 2. The summed E-state index contributed by atoms with van der Waals surface area (Å²) in [7, 11) is 1.73. The first-order valence-electron chi connectivity index (χ1n) is 9.45. The lowest BCUT2D eigenvalue weighted by atomic mass is 9.95. The van der Waals surface area contributed by atoms with Gasteiger partial charge in [0.05, 0.1) is 11.5 Å². The fraction of sp³-hybridized carbons (Fsp3) is 0.400. The number of nitrogens with one attached hydrogen (secondary N) is 1. The van der Waals surface area contributed by atoms with Crippen LogP contribution in [0.15, 0.2) is 24.7 Å². The molecule has 2 N–H and O–H groups in total. The molecule has 0 radical (unpaired) electrons. The molecule has 29 heavy (non-hydrogen) atoms. The molecule has 2 atom stereocenters. The van der Waals surface area contributed by atoms with Crippen LogP contribution in [0.3, 0.4) is 0 Å². The van der Waals surface area contributed by atoms with Gasteiger partial charge in [-0.15, -0.1) is 11.3 Å². The molecule has 4 rings (SSSR count). The van der Waals surface area contributed by atoms with Gasteiger partial charge in [0.25, 0.3) is 0 Å². The van der Waals surface area contributed by atoms with Gasteiger partial charge >= 0.3 is 5.97 Å². The molecule has 8 nitrogen and oxygen atoms in total. The number of anilines is 2. The normalized spacial score (nSPS) is 19.2. The Morgan fingerprint density at radius 2 is 2.10 bits per heavy atom. The van der Waals surface area contributed by atoms with Crippen LogP contribution in [0.5, 0.6) is 5.88 Å². The molecule has 0 aliphatic heterocycles. The molecule has 3 aromatic rings. The van der Waals surface area contributed by atoms with Crippen molar-refractivity contribution in [3.63, 3.8) is 0 Å². The van der Waals surface area contributed by atoms with Crippen molar-refractivity contribution in [3.8, 4) is 5.88 Å². The highest BCUT2D eigenvalue weighted by molar-refractivity contribution is 7.20. The molecular formula is C20H22N4O4S. The van der Waals surface area contributed by atoms with Crippen molar-refractivity contribution in [2.75, 3.05) is 12.4 Å². The van der Waals surface area contributed by atoms with E-state index in [4.69, 9.17) is 9.47 Å². The molecule has 1 aliphatic carbocycles. The minimum absolute atomic E-state index is 0.0380. The van der Waals surface area contributed by atoms with Gasteiger partial charge in [-0.1, -0.05) is 0 Å². The molecule has 3 heterocycles. The van der Waals surface area contributed by atoms with E-state index in [2.05, 4.69) is 20.3 Å². The Hall–Kier alpha value is -2.78. The van der Waals surface area contributed by atoms with E-state index >= 15 is 0 Å². The standard InChI is InChI=1S/C20H22N4O4S/c1-11-15-17(22-10-23-19(15)29-16(11)20(25)26)24-14-7-4-8-21-18(14)28-13-6-3-5-12(9-13)27-2/h4,7-8,10,12-13H,3,5-6,9H2,1-2H3,(H,25,26)(H,22,23,24)/t12-,13+/m0/s1. The highest BCUT2D eigenvalue weighted by Gasteiger charge is 2.25. The second-order valence-corrected chi connectivity index (χ2v) is 8.01. The molecule has 0 saturated heterocycles. The number of pyridine rings is 1. The van der Waals surface area contributed by atoms with Gasteiger partial charge in [-0.2, -0.15) is 0 Å². The molecule has 152 valence electrons. The van der Waals surface area contributed by atoms with E-state index in [0.717, 1.165) is 37.0 Å². The van der Waals surface area contributed by atoms with Gasteiger partial charge in [0, 0.05) is 19.7 Å². The third kappa shape index (κ3) is 4.01. The second kappa shape index (κ2) is 8.30. The summed E-state index contributed by atoms with van der Waals surface area (Å²) in [4.78, 5) is 25.3. The average Bonchev–Trinajstić information content (AvgIpc) is 3.07. The molecular weight excluding hydrogens is 392 g/mol. The number of aryl methyl sites for hydroxylation is 1. The maximum Gasteiger partial charge on any atom is 0.346 e. The summed E-state index contributed by atoms with van der Waals surface area (Å²) in [5.41, 5.74) is 1.32. The predicted molar refractivity (Wildman–Crippen MR) is 110 cm³/mol. The zero-order valence-electron chi connectivity index (χ0n) is 16.2. The largest absolute Gasteiger partial charge is 0.477 e. The molecule has 0 aromatic carbocycles. The quantitative estimate of drug-likeness (QED) is 0.619. The van der Waals surface area contributed by atoms with Crippen LogP contribution in [-0.2, 0) is 4.74 Å². The number of aromatic carboxylic acids is 1. The fourth-order valence-electron chi connectivity index (χ4n) is 3.66. The molecule has 1 fully saturated rings. The van der Waals surface area contributed by atoms with Gasteiger partial charge in [0.1, 0.15) is 33.6 Å². The van der Waals surface area contributed by atoms with Crippen LogP contribution in [0.25, 0.3) is 10.2 Å². The number of nitrogens with zero attached hydrogens (tertiary/aromatic N) is 3. The average molecular weight is 414 g/mol. The van der Waals surface area contributed by atoms with E-state index in [1.807, 2.05) is 12.1 Å². The first-order valence-corrected chi connectivity index (χ1v) is 10.3. The lowest BCUT2D eigenvalue weighted by Gasteiger charge is -2.28. The number of hydrogen-bond acceptors (Lipinski definition) is 8. The number of methoxy groups -OCH3 is 1. The number of aromatic nitrogens is 3. The third-order valence-corrected chi connectivity index (χ3v) is 6.32. The van der Waals surface area contributed by atoms with Crippen molar-refractivity contribution in [2.45, 2.75) is 44.8 Å². The van der Waals surface area contributed by atoms with Crippen LogP contribution in [-0.4, -0.2) is 45.3 Å². The van der Waals surface area contributed by atoms with Crippen LogP contribution in [0.4, 0.5) is 11.5 Å². The molecule has 3 aromatic heterocycles. The van der Waals surface area contributed by atoms with Crippen LogP contribution >= 0.6 is 11.3 Å². The summed E-state index contributed by atoms with van der Waals surface area (Å²) in [6, 6.07) is 3.68. The SMILES string of the molecule is CO[C@H]1CCC[C@@H](Oc2ncccc2Nc2ncnc3sc(C(=O)O)c(C)c23)C1. The molecule has 0 unspecified atom stereocenters. The molecule has 0 bridgehead atoms. The number of thiophene rings is 1. The number of fused-ring (bicyclic) bond motifs is 1. The topological polar surface area (TPSA) is 106 Å². The zero-order valence-corrected chi connectivity index (χ0v) is 17.0. The van der Waals surface area contributed by atoms with Crippen molar-refractivity contribution in [3.05, 3.63) is 35.1 Å². The smallest absolute Gasteiger partial charge is 0.346 e. The van der Waals surface area contributed by atoms with E-state index in [1.165, 1.54) is 6.33 Å². The van der Waals surface area contributed by atoms with Crippen molar-refractivity contribution >= 4 is 39.0 Å². The van der Waals surface area contributed by atoms with Gasteiger partial charge in [-0.25, -0.2) is 19.7 Å². The highest BCUT2D eigenvalue weighted by Crippen LogP contribution is 2.36. The maximum atomic E-state index is 11.5. The first-order chi connectivity index (χ1) is 14.1. The summed E-state index contributed by atoms with van der Waals surface area (Å²) in [6.45, 7) is 1.77. The van der Waals surface area contributed by atoms with Gasteiger partial charge in [0.15, 0.2) is 0 Å². The summed E-state index contributed by atoms with van der Waals surface area (Å²) < 4.78 is 11.7. The van der Waals surface area contributed by atoms with Crippen LogP contribution < -0.4 is 10.1 Å². The van der Waals surface area contributed by atoms with Crippen molar-refractivity contribution in [1.29, 1.82) is 0 Å². The van der Waals surface area contributed by atoms with E-state index in [0.29, 0.717) is 33.2 Å². The lowest BCUT2D eigenvalue weighted by Crippen LogP contribution is -2.29. The molecule has 1 saturated carbocycles. The second-order valence-electron chi connectivity index (χ2n) is 7.01. The lowest BCUT2D eigenvalue weighted by molar-refractivity contribution is 0.0197. The summed E-state index contributed by atoms with van der Waals surface area (Å²) in [6.07, 6.45) is 7.24. The van der Waals surface area contributed by atoms with Gasteiger partial charge < -0.3 is 19.9 Å². The number of carboxylic acid groups (broad SMARTS) is 1. The van der Waals surface area contributed by atoms with E-state index < -0.39 is 5.97 Å². The highest BCUT2D eigenvalue weighted by atomic mass is 32.1. The molecule has 1 aliphatic rings. The minimum atomic E-state index is -0.966.